The van der Waals surface area contributed by atoms with Crippen molar-refractivity contribution in [1.29, 1.82) is 0 Å². The molecule has 0 bridgehead atoms. The largest absolute Gasteiger partial charge is 0.320 e. The van der Waals surface area contributed by atoms with Gasteiger partial charge in [-0.25, -0.2) is 4.39 Å². The van der Waals surface area contributed by atoms with E-state index in [1.807, 2.05) is 13.8 Å². The fourth-order valence-electron chi connectivity index (χ4n) is 2.27. The Bertz CT molecular complexity index is 805. The summed E-state index contributed by atoms with van der Waals surface area (Å²) in [6.45, 7) is 4.95. The fraction of sp³-hybridized carbons (Fsp3) is 0.375. The van der Waals surface area contributed by atoms with E-state index in [1.54, 1.807) is 6.07 Å². The van der Waals surface area contributed by atoms with Crippen LogP contribution in [0.4, 0.5) is 4.39 Å². The van der Waals surface area contributed by atoms with Gasteiger partial charge in [-0.1, -0.05) is 15.9 Å². The summed E-state index contributed by atoms with van der Waals surface area (Å²) < 4.78 is 16.6. The molecule has 0 unspecified atom stereocenters. The van der Waals surface area contributed by atoms with Gasteiger partial charge >= 0.3 is 0 Å². The van der Waals surface area contributed by atoms with E-state index in [4.69, 9.17) is 0 Å². The van der Waals surface area contributed by atoms with E-state index in [0.717, 1.165) is 17.1 Å². The van der Waals surface area contributed by atoms with Gasteiger partial charge in [0.1, 0.15) is 5.82 Å². The summed E-state index contributed by atoms with van der Waals surface area (Å²) in [6.07, 6.45) is 2.46. The molecule has 1 aromatic heterocycles. The summed E-state index contributed by atoms with van der Waals surface area (Å²) in [5.41, 5.74) is 1.14. The van der Waals surface area contributed by atoms with Gasteiger partial charge in [-0.3, -0.25) is 4.79 Å². The van der Waals surface area contributed by atoms with Crippen LogP contribution in [-0.4, -0.2) is 10.5 Å². The molecule has 116 valence electrons. The Labute approximate surface area is 140 Å². The van der Waals surface area contributed by atoms with Crippen molar-refractivity contribution in [1.82, 2.24) is 4.57 Å². The SMILES string of the molecule is Cc1sc(=NC(=O)c2ccc(Br)cc2F)n(CC2CC2)c1C. The monoisotopic (exact) mass is 382 g/mol. The minimum absolute atomic E-state index is 0.00452. The standard InChI is InChI=1S/C16H16BrFN2OS/c1-9-10(2)22-16(20(9)8-11-3-4-11)19-15(21)13-6-5-12(17)7-14(13)18/h5-7,11H,3-4,8H2,1-2H3. The molecule has 6 heteroatoms. The summed E-state index contributed by atoms with van der Waals surface area (Å²) in [5, 5.41) is 0. The first-order valence-corrected chi connectivity index (χ1v) is 8.77. The molecule has 0 spiro atoms. The Morgan fingerprint density at radius 1 is 1.45 bits per heavy atom. The van der Waals surface area contributed by atoms with Crippen molar-refractivity contribution in [3.63, 3.8) is 0 Å². The molecule has 0 atom stereocenters. The average molecular weight is 383 g/mol. The average Bonchev–Trinajstić information content (AvgIpc) is 3.22. The Kier molecular flexibility index (Phi) is 4.32. The second-order valence-corrected chi connectivity index (χ2v) is 7.72. The maximum absolute atomic E-state index is 13.9. The lowest BCUT2D eigenvalue weighted by molar-refractivity contribution is 0.0994. The van der Waals surface area contributed by atoms with E-state index in [0.29, 0.717) is 15.2 Å². The summed E-state index contributed by atoms with van der Waals surface area (Å²) in [5.74, 6) is -0.399. The first-order chi connectivity index (χ1) is 10.5. The number of halogens is 2. The molecule has 1 aromatic carbocycles. The van der Waals surface area contributed by atoms with Crippen molar-refractivity contribution < 1.29 is 9.18 Å². The molecular weight excluding hydrogens is 367 g/mol. The number of nitrogens with zero attached hydrogens (tertiary/aromatic N) is 2. The molecule has 0 N–H and O–H groups in total. The summed E-state index contributed by atoms with van der Waals surface area (Å²) >= 11 is 4.67. The topological polar surface area (TPSA) is 34.4 Å². The van der Waals surface area contributed by atoms with Gasteiger partial charge in [-0.05, 0) is 50.8 Å². The lowest BCUT2D eigenvalue weighted by atomic mass is 10.2. The molecule has 1 amide bonds. The lowest BCUT2D eigenvalue weighted by Crippen LogP contribution is -2.19. The third-order valence-corrected chi connectivity index (χ3v) is 5.48. The van der Waals surface area contributed by atoms with Crippen molar-refractivity contribution in [3.05, 3.63) is 49.4 Å². The molecular formula is C16H16BrFN2OS. The number of carbonyl (C=O) groups excluding carboxylic acids is 1. The fourth-order valence-corrected chi connectivity index (χ4v) is 3.58. The van der Waals surface area contributed by atoms with Crippen molar-refractivity contribution in [2.45, 2.75) is 33.2 Å². The van der Waals surface area contributed by atoms with Gasteiger partial charge in [0.05, 0.1) is 5.56 Å². The number of rotatable bonds is 3. The molecule has 1 heterocycles. The molecule has 1 saturated carbocycles. The number of hydrogen-bond donors (Lipinski definition) is 0. The highest BCUT2D eigenvalue weighted by Gasteiger charge is 2.23. The first-order valence-electron chi connectivity index (χ1n) is 7.16. The highest BCUT2D eigenvalue weighted by atomic mass is 79.9. The van der Waals surface area contributed by atoms with Crippen LogP contribution in [0.15, 0.2) is 27.7 Å². The van der Waals surface area contributed by atoms with Crippen molar-refractivity contribution in [2.24, 2.45) is 10.9 Å². The zero-order chi connectivity index (χ0) is 15.9. The third kappa shape index (κ3) is 3.22. The number of amides is 1. The molecule has 0 saturated heterocycles. The lowest BCUT2D eigenvalue weighted by Gasteiger charge is -2.04. The predicted octanol–water partition coefficient (Wildman–Crippen LogP) is 4.22. The number of thiazole rings is 1. The van der Waals surface area contributed by atoms with Crippen LogP contribution >= 0.6 is 27.3 Å². The van der Waals surface area contributed by atoms with E-state index in [9.17, 15) is 9.18 Å². The molecule has 3 nitrogen and oxygen atoms in total. The summed E-state index contributed by atoms with van der Waals surface area (Å²) in [6, 6.07) is 4.39. The van der Waals surface area contributed by atoms with E-state index < -0.39 is 11.7 Å². The Balaban J connectivity index is 2.00. The highest BCUT2D eigenvalue weighted by molar-refractivity contribution is 9.10. The van der Waals surface area contributed by atoms with Crippen LogP contribution in [-0.2, 0) is 6.54 Å². The normalized spacial score (nSPS) is 15.4. The zero-order valence-corrected chi connectivity index (χ0v) is 14.8. The van der Waals surface area contributed by atoms with Gasteiger partial charge in [-0.15, -0.1) is 11.3 Å². The number of benzene rings is 1. The van der Waals surface area contributed by atoms with Crippen LogP contribution in [0.1, 0.15) is 33.8 Å². The van der Waals surface area contributed by atoms with Gasteiger partial charge in [0.25, 0.3) is 5.91 Å². The van der Waals surface area contributed by atoms with Gasteiger partial charge in [0, 0.05) is 21.6 Å². The van der Waals surface area contributed by atoms with E-state index in [1.165, 1.54) is 36.3 Å². The highest BCUT2D eigenvalue weighted by Crippen LogP contribution is 2.31. The Morgan fingerprint density at radius 2 is 2.18 bits per heavy atom. The molecule has 0 radical (unpaired) electrons. The van der Waals surface area contributed by atoms with Crippen LogP contribution < -0.4 is 4.80 Å². The number of carbonyl (C=O) groups is 1. The number of aryl methyl sites for hydroxylation is 1. The van der Waals surface area contributed by atoms with E-state index in [-0.39, 0.29) is 5.56 Å². The molecule has 1 fully saturated rings. The second kappa shape index (κ2) is 6.08. The van der Waals surface area contributed by atoms with Crippen LogP contribution in [0.5, 0.6) is 0 Å². The number of hydrogen-bond acceptors (Lipinski definition) is 2. The summed E-state index contributed by atoms with van der Waals surface area (Å²) in [7, 11) is 0. The smallest absolute Gasteiger partial charge is 0.282 e. The van der Waals surface area contributed by atoms with Gasteiger partial charge < -0.3 is 4.57 Å². The molecule has 1 aliphatic rings. The maximum Gasteiger partial charge on any atom is 0.282 e. The van der Waals surface area contributed by atoms with Gasteiger partial charge in [0.15, 0.2) is 4.80 Å². The van der Waals surface area contributed by atoms with Gasteiger partial charge in [0.2, 0.25) is 0 Å². The quantitative estimate of drug-likeness (QED) is 0.782. The maximum atomic E-state index is 13.9. The zero-order valence-electron chi connectivity index (χ0n) is 12.4. The molecule has 2 aromatic rings. The molecule has 22 heavy (non-hydrogen) atoms. The van der Waals surface area contributed by atoms with Crippen LogP contribution in [0, 0.1) is 25.6 Å². The van der Waals surface area contributed by atoms with E-state index in [2.05, 4.69) is 25.5 Å². The Hall–Kier alpha value is -1.27. The van der Waals surface area contributed by atoms with Crippen molar-refractivity contribution in [2.75, 3.05) is 0 Å². The predicted molar refractivity (Wildman–Crippen MR) is 88.5 cm³/mol. The second-order valence-electron chi connectivity index (χ2n) is 5.62. The third-order valence-electron chi connectivity index (χ3n) is 3.89. The van der Waals surface area contributed by atoms with Crippen molar-refractivity contribution >= 4 is 33.2 Å². The van der Waals surface area contributed by atoms with Gasteiger partial charge in [-0.2, -0.15) is 4.99 Å². The minimum atomic E-state index is -0.554. The molecule has 1 aliphatic carbocycles. The van der Waals surface area contributed by atoms with Crippen LogP contribution in [0.3, 0.4) is 0 Å². The number of aromatic nitrogens is 1. The van der Waals surface area contributed by atoms with Crippen LogP contribution in [0.25, 0.3) is 0 Å². The van der Waals surface area contributed by atoms with E-state index >= 15 is 0 Å². The van der Waals surface area contributed by atoms with Crippen LogP contribution in [0.2, 0.25) is 0 Å². The summed E-state index contributed by atoms with van der Waals surface area (Å²) in [4.78, 5) is 18.3. The minimum Gasteiger partial charge on any atom is -0.320 e. The Morgan fingerprint density at radius 3 is 2.82 bits per heavy atom. The van der Waals surface area contributed by atoms with Crippen molar-refractivity contribution in [3.8, 4) is 0 Å². The molecule has 0 aliphatic heterocycles. The molecule has 3 rings (SSSR count). The first kappa shape index (κ1) is 15.6.